The van der Waals surface area contributed by atoms with Crippen molar-refractivity contribution in [3.8, 4) is 0 Å². The topological polar surface area (TPSA) is 63.1 Å². The number of nitrogens with one attached hydrogen (secondary N) is 1. The number of rotatable bonds is 4. The molecular weight excluding hydrogens is 286 g/mol. The van der Waals surface area contributed by atoms with E-state index in [1.807, 2.05) is 23.0 Å². The van der Waals surface area contributed by atoms with Crippen LogP contribution in [0.5, 0.6) is 0 Å². The summed E-state index contributed by atoms with van der Waals surface area (Å²) in [5.41, 5.74) is 0.0381. The number of anilines is 1. The van der Waals surface area contributed by atoms with Crippen LogP contribution < -0.4 is 15.8 Å². The van der Waals surface area contributed by atoms with E-state index in [0.29, 0.717) is 17.4 Å². The van der Waals surface area contributed by atoms with E-state index in [1.165, 1.54) is 30.8 Å². The summed E-state index contributed by atoms with van der Waals surface area (Å²) >= 11 is 1.44. The average Bonchev–Trinajstić information content (AvgIpc) is 2.82. The number of nitrogens with zero attached hydrogens (tertiary/aromatic N) is 4. The van der Waals surface area contributed by atoms with Gasteiger partial charge in [-0.2, -0.15) is 0 Å². The monoisotopic (exact) mass is 307 g/mol. The first-order valence-corrected chi connectivity index (χ1v) is 8.20. The second kappa shape index (κ2) is 6.11. The van der Waals surface area contributed by atoms with Gasteiger partial charge in [-0.1, -0.05) is 6.42 Å². The van der Waals surface area contributed by atoms with E-state index in [0.717, 1.165) is 24.3 Å². The molecule has 1 aliphatic rings. The lowest BCUT2D eigenvalue weighted by Crippen LogP contribution is -2.35. The summed E-state index contributed by atoms with van der Waals surface area (Å²) < 4.78 is 1.81. The van der Waals surface area contributed by atoms with Crippen molar-refractivity contribution < 1.29 is 0 Å². The molecule has 2 aromatic rings. The molecule has 1 unspecified atom stereocenters. The van der Waals surface area contributed by atoms with Crippen LogP contribution in [0.1, 0.15) is 25.7 Å². The Hall–Kier alpha value is -1.47. The Kier molecular flexibility index (Phi) is 4.21. The summed E-state index contributed by atoms with van der Waals surface area (Å²) in [7, 11) is 3.80. The molecule has 21 heavy (non-hydrogen) atoms. The molecule has 6 nitrogen and oxygen atoms in total. The maximum Gasteiger partial charge on any atom is 0.271 e. The highest BCUT2D eigenvalue weighted by atomic mass is 32.1. The zero-order chi connectivity index (χ0) is 14.8. The van der Waals surface area contributed by atoms with Crippen LogP contribution in [0.2, 0.25) is 0 Å². The average molecular weight is 307 g/mol. The largest absolute Gasteiger partial charge is 0.347 e. The van der Waals surface area contributed by atoms with Crippen LogP contribution in [-0.4, -0.2) is 40.6 Å². The van der Waals surface area contributed by atoms with Crippen LogP contribution in [0.15, 0.2) is 11.0 Å². The Balaban J connectivity index is 1.78. The molecule has 114 valence electrons. The summed E-state index contributed by atoms with van der Waals surface area (Å²) in [4.78, 5) is 23.6. The third-order valence-electron chi connectivity index (χ3n) is 3.89. The van der Waals surface area contributed by atoms with E-state index in [1.54, 1.807) is 6.20 Å². The summed E-state index contributed by atoms with van der Waals surface area (Å²) in [5, 5.41) is 4.15. The molecule has 0 aromatic carbocycles. The van der Waals surface area contributed by atoms with Crippen molar-refractivity contribution in [1.29, 1.82) is 0 Å². The van der Waals surface area contributed by atoms with Crippen LogP contribution in [0.25, 0.3) is 10.2 Å². The summed E-state index contributed by atoms with van der Waals surface area (Å²) in [6.45, 7) is 1.86. The Labute approximate surface area is 128 Å². The Morgan fingerprint density at radius 3 is 3.05 bits per heavy atom. The van der Waals surface area contributed by atoms with E-state index >= 15 is 0 Å². The van der Waals surface area contributed by atoms with E-state index in [4.69, 9.17) is 0 Å². The number of aromatic nitrogens is 3. The van der Waals surface area contributed by atoms with Crippen LogP contribution in [0.4, 0.5) is 5.95 Å². The Morgan fingerprint density at radius 2 is 2.33 bits per heavy atom. The Bertz CT molecular complexity index is 672. The minimum absolute atomic E-state index is 0.0381. The Morgan fingerprint density at radius 1 is 1.48 bits per heavy atom. The summed E-state index contributed by atoms with van der Waals surface area (Å²) in [6.07, 6.45) is 6.41. The van der Waals surface area contributed by atoms with E-state index < -0.39 is 0 Å². The third kappa shape index (κ3) is 3.08. The molecule has 0 spiro atoms. The lowest BCUT2D eigenvalue weighted by atomic mass is 10.0. The third-order valence-corrected chi connectivity index (χ3v) is 4.94. The molecule has 1 fully saturated rings. The maximum atomic E-state index is 12.3. The summed E-state index contributed by atoms with van der Waals surface area (Å²) in [5.74, 6) is 0.643. The molecule has 2 aromatic heterocycles. The van der Waals surface area contributed by atoms with Gasteiger partial charge in [-0.05, 0) is 37.3 Å². The molecular formula is C14H21N5OS. The molecule has 1 saturated heterocycles. The van der Waals surface area contributed by atoms with Crippen LogP contribution in [0.3, 0.4) is 0 Å². The molecule has 1 aliphatic heterocycles. The van der Waals surface area contributed by atoms with Gasteiger partial charge in [0.15, 0.2) is 4.83 Å². The molecule has 0 bridgehead atoms. The van der Waals surface area contributed by atoms with Crippen molar-refractivity contribution in [2.24, 2.45) is 0 Å². The lowest BCUT2D eigenvalue weighted by Gasteiger charge is -2.23. The first kappa shape index (κ1) is 14.5. The number of aryl methyl sites for hydroxylation is 1. The van der Waals surface area contributed by atoms with Crippen molar-refractivity contribution in [1.82, 2.24) is 19.2 Å². The van der Waals surface area contributed by atoms with Gasteiger partial charge in [-0.3, -0.25) is 8.75 Å². The van der Waals surface area contributed by atoms with Crippen molar-refractivity contribution in [3.05, 3.63) is 16.6 Å². The highest BCUT2D eigenvalue weighted by Gasteiger charge is 2.15. The van der Waals surface area contributed by atoms with Gasteiger partial charge in [-0.25, -0.2) is 9.97 Å². The summed E-state index contributed by atoms with van der Waals surface area (Å²) in [6, 6.07) is 0.541. The molecule has 1 N–H and O–H groups in total. The van der Waals surface area contributed by atoms with Gasteiger partial charge in [-0.15, -0.1) is 0 Å². The normalized spacial score (nSPS) is 19.0. The fraction of sp³-hybridized carbons (Fsp3) is 0.643. The van der Waals surface area contributed by atoms with E-state index in [2.05, 4.69) is 15.3 Å². The van der Waals surface area contributed by atoms with E-state index in [-0.39, 0.29) is 5.56 Å². The SMILES string of the molecule is CN(C)c1ncc2c(=O)n(CCC3CCCCN3)sc2n1. The minimum Gasteiger partial charge on any atom is -0.347 e. The maximum absolute atomic E-state index is 12.3. The molecule has 0 aliphatic carbocycles. The van der Waals surface area contributed by atoms with Gasteiger partial charge < -0.3 is 10.2 Å². The van der Waals surface area contributed by atoms with Gasteiger partial charge in [0.25, 0.3) is 5.56 Å². The smallest absolute Gasteiger partial charge is 0.271 e. The van der Waals surface area contributed by atoms with Gasteiger partial charge in [0.1, 0.15) is 0 Å². The fourth-order valence-corrected chi connectivity index (χ4v) is 3.61. The number of hydrogen-bond donors (Lipinski definition) is 1. The predicted molar refractivity (Wildman–Crippen MR) is 86.3 cm³/mol. The molecule has 0 amide bonds. The van der Waals surface area contributed by atoms with Crippen molar-refractivity contribution in [2.75, 3.05) is 25.5 Å². The second-order valence-electron chi connectivity index (χ2n) is 5.72. The minimum atomic E-state index is 0.0381. The predicted octanol–water partition coefficient (Wildman–Crippen LogP) is 1.45. The van der Waals surface area contributed by atoms with E-state index in [9.17, 15) is 4.79 Å². The lowest BCUT2D eigenvalue weighted by molar-refractivity contribution is 0.369. The second-order valence-corrected chi connectivity index (χ2v) is 6.73. The molecule has 1 atom stereocenters. The molecule has 0 saturated carbocycles. The molecule has 0 radical (unpaired) electrons. The van der Waals surface area contributed by atoms with Gasteiger partial charge >= 0.3 is 0 Å². The zero-order valence-electron chi connectivity index (χ0n) is 12.5. The van der Waals surface area contributed by atoms with Gasteiger partial charge in [0, 0.05) is 32.9 Å². The van der Waals surface area contributed by atoms with Crippen LogP contribution >= 0.6 is 11.5 Å². The molecule has 3 heterocycles. The van der Waals surface area contributed by atoms with Crippen molar-refractivity contribution >= 4 is 27.7 Å². The number of fused-ring (bicyclic) bond motifs is 1. The first-order chi connectivity index (χ1) is 10.1. The number of hydrogen-bond acceptors (Lipinski definition) is 6. The highest BCUT2D eigenvalue weighted by molar-refractivity contribution is 7.13. The molecule has 3 rings (SSSR count). The standard InChI is InChI=1S/C14H21N5OS/c1-18(2)14-16-9-11-12(17-14)21-19(13(11)20)8-6-10-5-3-4-7-15-10/h9-10,15H,3-8H2,1-2H3. The van der Waals surface area contributed by atoms with Crippen molar-refractivity contribution in [3.63, 3.8) is 0 Å². The fourth-order valence-electron chi connectivity index (χ4n) is 2.66. The van der Waals surface area contributed by atoms with Crippen molar-refractivity contribution in [2.45, 2.75) is 38.3 Å². The zero-order valence-corrected chi connectivity index (χ0v) is 13.3. The first-order valence-electron chi connectivity index (χ1n) is 7.43. The van der Waals surface area contributed by atoms with Gasteiger partial charge in [0.05, 0.1) is 5.39 Å². The quantitative estimate of drug-likeness (QED) is 0.926. The number of piperidine rings is 1. The highest BCUT2D eigenvalue weighted by Crippen LogP contribution is 2.17. The van der Waals surface area contributed by atoms with Crippen LogP contribution in [-0.2, 0) is 6.54 Å². The molecule has 7 heteroatoms. The van der Waals surface area contributed by atoms with Crippen LogP contribution in [0, 0.1) is 0 Å². The van der Waals surface area contributed by atoms with Gasteiger partial charge in [0.2, 0.25) is 5.95 Å².